The van der Waals surface area contributed by atoms with Crippen molar-refractivity contribution in [3.8, 4) is 5.69 Å². The lowest BCUT2D eigenvalue weighted by atomic mass is 10.1. The average molecular weight is 390 g/mol. The summed E-state index contributed by atoms with van der Waals surface area (Å²) in [6, 6.07) is 18.3. The lowest BCUT2D eigenvalue weighted by Gasteiger charge is -2.09. The Balaban J connectivity index is 1.56. The maximum absolute atomic E-state index is 12.7. The van der Waals surface area contributed by atoms with Crippen molar-refractivity contribution in [2.75, 3.05) is 13.2 Å². The summed E-state index contributed by atoms with van der Waals surface area (Å²) in [5.74, 6) is 0.730. The van der Waals surface area contributed by atoms with E-state index in [1.54, 1.807) is 4.68 Å². The van der Waals surface area contributed by atoms with Crippen molar-refractivity contribution < 1.29 is 9.53 Å². The van der Waals surface area contributed by atoms with E-state index in [9.17, 15) is 4.79 Å². The molecule has 1 aromatic heterocycles. The van der Waals surface area contributed by atoms with Crippen LogP contribution >= 0.6 is 0 Å². The Morgan fingerprint density at radius 2 is 1.93 bits per heavy atom. The molecule has 4 rings (SSSR count). The minimum absolute atomic E-state index is 0.0926. The fourth-order valence-electron chi connectivity index (χ4n) is 3.59. The third-order valence-electron chi connectivity index (χ3n) is 5.22. The molecule has 1 atom stereocenters. The van der Waals surface area contributed by atoms with Crippen LogP contribution in [0.3, 0.4) is 0 Å². The molecule has 1 amide bonds. The van der Waals surface area contributed by atoms with Gasteiger partial charge in [0.25, 0.3) is 5.91 Å². The van der Waals surface area contributed by atoms with Gasteiger partial charge in [-0.1, -0.05) is 48.5 Å². The summed E-state index contributed by atoms with van der Waals surface area (Å²) in [5, 5.41) is 7.47. The molecule has 3 aromatic rings. The number of nitrogens with zero attached hydrogens (tertiary/aromatic N) is 3. The van der Waals surface area contributed by atoms with Gasteiger partial charge >= 0.3 is 0 Å². The smallest absolute Gasteiger partial charge is 0.291 e. The number of aryl methyl sites for hydroxylation is 3. The molecule has 0 aliphatic carbocycles. The number of carbonyl (C=O) groups excluding carboxylic acids is 1. The Hall–Kier alpha value is -2.99. The minimum Gasteiger partial charge on any atom is -0.376 e. The predicted molar refractivity (Wildman–Crippen MR) is 111 cm³/mol. The fourth-order valence-corrected chi connectivity index (χ4v) is 3.59. The zero-order chi connectivity index (χ0) is 20.1. The maximum atomic E-state index is 12.7. The van der Waals surface area contributed by atoms with E-state index < -0.39 is 0 Å². The molecule has 1 N–H and O–H groups in total. The SMILES string of the molecule is Cc1ccccc1-n1nc(C(=O)NCC2CCCO2)nc1CCc1ccccc1. The van der Waals surface area contributed by atoms with Gasteiger partial charge < -0.3 is 10.1 Å². The van der Waals surface area contributed by atoms with Gasteiger partial charge in [0.1, 0.15) is 5.82 Å². The quantitative estimate of drug-likeness (QED) is 0.672. The van der Waals surface area contributed by atoms with E-state index in [0.29, 0.717) is 13.0 Å². The molecule has 2 heterocycles. The number of nitrogens with one attached hydrogen (secondary N) is 1. The molecule has 1 unspecified atom stereocenters. The maximum Gasteiger partial charge on any atom is 0.291 e. The number of carbonyl (C=O) groups is 1. The second kappa shape index (κ2) is 9.01. The van der Waals surface area contributed by atoms with Gasteiger partial charge in [-0.05, 0) is 43.4 Å². The van der Waals surface area contributed by atoms with Gasteiger partial charge in [0.05, 0.1) is 11.8 Å². The molecule has 29 heavy (non-hydrogen) atoms. The van der Waals surface area contributed by atoms with Gasteiger partial charge in [0, 0.05) is 19.6 Å². The standard InChI is InChI=1S/C23H26N4O2/c1-17-8-5-6-12-20(17)27-21(14-13-18-9-3-2-4-10-18)25-22(26-27)23(28)24-16-19-11-7-15-29-19/h2-6,8-10,12,19H,7,11,13-16H2,1H3,(H,24,28). The molecule has 1 fully saturated rings. The third kappa shape index (κ3) is 4.71. The molecule has 6 nitrogen and oxygen atoms in total. The number of benzene rings is 2. The highest BCUT2D eigenvalue weighted by atomic mass is 16.5. The molecule has 1 aliphatic heterocycles. The highest BCUT2D eigenvalue weighted by Crippen LogP contribution is 2.17. The van der Waals surface area contributed by atoms with E-state index >= 15 is 0 Å². The van der Waals surface area contributed by atoms with Crippen LogP contribution < -0.4 is 5.32 Å². The van der Waals surface area contributed by atoms with Gasteiger partial charge in [0.2, 0.25) is 5.82 Å². The first-order valence-electron chi connectivity index (χ1n) is 10.2. The molecule has 0 bridgehead atoms. The van der Waals surface area contributed by atoms with Crippen molar-refractivity contribution in [2.45, 2.75) is 38.7 Å². The monoisotopic (exact) mass is 390 g/mol. The number of hydrogen-bond donors (Lipinski definition) is 1. The van der Waals surface area contributed by atoms with Crippen LogP contribution in [0.25, 0.3) is 5.69 Å². The summed E-state index contributed by atoms with van der Waals surface area (Å²) in [4.78, 5) is 17.2. The van der Waals surface area contributed by atoms with Crippen LogP contribution in [0.15, 0.2) is 54.6 Å². The van der Waals surface area contributed by atoms with Crippen LogP contribution in [0.2, 0.25) is 0 Å². The van der Waals surface area contributed by atoms with Gasteiger partial charge in [0.15, 0.2) is 0 Å². The van der Waals surface area contributed by atoms with Crippen LogP contribution in [0, 0.1) is 6.92 Å². The fraction of sp³-hybridized carbons (Fsp3) is 0.348. The normalized spacial score (nSPS) is 16.1. The molecule has 1 aliphatic rings. The topological polar surface area (TPSA) is 69.0 Å². The third-order valence-corrected chi connectivity index (χ3v) is 5.22. The first-order chi connectivity index (χ1) is 14.2. The van der Waals surface area contributed by atoms with Crippen LogP contribution in [-0.4, -0.2) is 39.9 Å². The Labute approximate surface area is 170 Å². The molecule has 0 saturated carbocycles. The van der Waals surface area contributed by atoms with Crippen molar-refractivity contribution in [1.29, 1.82) is 0 Å². The summed E-state index contributed by atoms with van der Waals surface area (Å²) in [6.45, 7) is 3.30. The van der Waals surface area contributed by atoms with E-state index in [4.69, 9.17) is 4.74 Å². The summed E-state index contributed by atoms with van der Waals surface area (Å²) in [7, 11) is 0. The van der Waals surface area contributed by atoms with Crippen molar-refractivity contribution in [1.82, 2.24) is 20.1 Å². The summed E-state index contributed by atoms with van der Waals surface area (Å²) >= 11 is 0. The van der Waals surface area contributed by atoms with Crippen LogP contribution in [0.1, 0.15) is 40.4 Å². The van der Waals surface area contributed by atoms with Crippen molar-refractivity contribution in [2.24, 2.45) is 0 Å². The zero-order valence-corrected chi connectivity index (χ0v) is 16.7. The number of hydrogen-bond acceptors (Lipinski definition) is 4. The Bertz CT molecular complexity index is 962. The van der Waals surface area contributed by atoms with E-state index in [-0.39, 0.29) is 17.8 Å². The zero-order valence-electron chi connectivity index (χ0n) is 16.7. The summed E-state index contributed by atoms with van der Waals surface area (Å²) in [6.07, 6.45) is 3.65. The molecular weight excluding hydrogens is 364 g/mol. The van der Waals surface area contributed by atoms with E-state index in [1.807, 2.05) is 49.4 Å². The lowest BCUT2D eigenvalue weighted by molar-refractivity contribution is 0.0849. The molecule has 6 heteroatoms. The first kappa shape index (κ1) is 19.3. The number of amides is 1. The Kier molecular flexibility index (Phi) is 6.00. The largest absolute Gasteiger partial charge is 0.376 e. The predicted octanol–water partition coefficient (Wildman–Crippen LogP) is 3.27. The number of para-hydroxylation sites is 1. The van der Waals surface area contributed by atoms with Gasteiger partial charge in [-0.15, -0.1) is 5.10 Å². The van der Waals surface area contributed by atoms with Crippen LogP contribution in [-0.2, 0) is 17.6 Å². The molecule has 2 aromatic carbocycles. The van der Waals surface area contributed by atoms with Gasteiger partial charge in [-0.2, -0.15) is 0 Å². The minimum atomic E-state index is -0.256. The number of rotatable bonds is 7. The second-order valence-corrected chi connectivity index (χ2v) is 7.38. The number of ether oxygens (including phenoxy) is 1. The molecular formula is C23H26N4O2. The van der Waals surface area contributed by atoms with Crippen molar-refractivity contribution in [3.63, 3.8) is 0 Å². The van der Waals surface area contributed by atoms with Crippen molar-refractivity contribution >= 4 is 5.91 Å². The second-order valence-electron chi connectivity index (χ2n) is 7.38. The average Bonchev–Trinajstić information content (AvgIpc) is 3.42. The van der Waals surface area contributed by atoms with E-state index in [2.05, 4.69) is 27.5 Å². The highest BCUT2D eigenvalue weighted by Gasteiger charge is 2.21. The lowest BCUT2D eigenvalue weighted by Crippen LogP contribution is -2.32. The Morgan fingerprint density at radius 1 is 1.14 bits per heavy atom. The van der Waals surface area contributed by atoms with Crippen molar-refractivity contribution in [3.05, 3.63) is 77.4 Å². The molecule has 0 spiro atoms. The molecule has 150 valence electrons. The van der Waals surface area contributed by atoms with Gasteiger partial charge in [-0.3, -0.25) is 4.79 Å². The molecule has 0 radical (unpaired) electrons. The van der Waals surface area contributed by atoms with Crippen LogP contribution in [0.4, 0.5) is 0 Å². The van der Waals surface area contributed by atoms with Crippen LogP contribution in [0.5, 0.6) is 0 Å². The summed E-state index contributed by atoms with van der Waals surface area (Å²) < 4.78 is 7.38. The molecule has 1 saturated heterocycles. The Morgan fingerprint density at radius 3 is 2.69 bits per heavy atom. The number of aromatic nitrogens is 3. The first-order valence-corrected chi connectivity index (χ1v) is 10.2. The van der Waals surface area contributed by atoms with E-state index in [1.165, 1.54) is 5.56 Å². The summed E-state index contributed by atoms with van der Waals surface area (Å²) in [5.41, 5.74) is 3.27. The van der Waals surface area contributed by atoms with E-state index in [0.717, 1.165) is 42.9 Å². The highest BCUT2D eigenvalue weighted by molar-refractivity contribution is 5.90. The van der Waals surface area contributed by atoms with Gasteiger partial charge in [-0.25, -0.2) is 9.67 Å².